The van der Waals surface area contributed by atoms with Crippen LogP contribution in [-0.2, 0) is 9.53 Å². The quantitative estimate of drug-likeness (QED) is 0.838. The number of hydrogen-bond acceptors (Lipinski definition) is 3. The number of carboxylic acids is 1. The Hall–Kier alpha value is -1.26. The highest BCUT2D eigenvalue weighted by atomic mass is 16.6. The summed E-state index contributed by atoms with van der Waals surface area (Å²) in [5.74, 6) is -1.22. The maximum atomic E-state index is 12.1. The van der Waals surface area contributed by atoms with Gasteiger partial charge in [-0.1, -0.05) is 13.3 Å². The van der Waals surface area contributed by atoms with Gasteiger partial charge in [0.2, 0.25) is 0 Å². The van der Waals surface area contributed by atoms with Crippen LogP contribution >= 0.6 is 0 Å². The smallest absolute Gasteiger partial charge is 0.410 e. The number of carboxylic acid groups (broad SMARTS) is 1. The second-order valence-corrected chi connectivity index (χ2v) is 6.31. The monoisotopic (exact) mass is 271 g/mol. The molecule has 1 amide bonds. The summed E-state index contributed by atoms with van der Waals surface area (Å²) in [5, 5.41) is 9.10. The lowest BCUT2D eigenvalue weighted by Gasteiger charge is -2.29. The molecule has 1 rings (SSSR count). The fraction of sp³-hybridized carbons (Fsp3) is 0.857. The zero-order valence-electron chi connectivity index (χ0n) is 12.3. The molecule has 1 aliphatic rings. The van der Waals surface area contributed by atoms with E-state index in [1.54, 1.807) is 11.8 Å². The number of amides is 1. The molecule has 1 fully saturated rings. The summed E-state index contributed by atoms with van der Waals surface area (Å²) in [6.45, 7) is 8.34. The summed E-state index contributed by atoms with van der Waals surface area (Å²) in [5.41, 5.74) is -0.517. The zero-order chi connectivity index (χ0) is 14.6. The van der Waals surface area contributed by atoms with Crippen LogP contribution in [0.5, 0.6) is 0 Å². The van der Waals surface area contributed by atoms with Crippen molar-refractivity contribution in [2.24, 2.45) is 11.8 Å². The number of carbonyl (C=O) groups is 2. The van der Waals surface area contributed by atoms with Gasteiger partial charge in [0.05, 0.1) is 5.92 Å². The lowest BCUT2D eigenvalue weighted by Crippen LogP contribution is -2.40. The minimum absolute atomic E-state index is 0.00696. The third-order valence-corrected chi connectivity index (χ3v) is 3.46. The maximum absolute atomic E-state index is 12.1. The van der Waals surface area contributed by atoms with E-state index in [1.165, 1.54) is 0 Å². The summed E-state index contributed by atoms with van der Waals surface area (Å²) in [4.78, 5) is 24.8. The summed E-state index contributed by atoms with van der Waals surface area (Å²) in [7, 11) is 0. The molecule has 110 valence electrons. The Morgan fingerprint density at radius 2 is 1.95 bits per heavy atom. The van der Waals surface area contributed by atoms with Gasteiger partial charge in [-0.3, -0.25) is 4.79 Å². The molecule has 0 aromatic rings. The Balaban J connectivity index is 2.68. The van der Waals surface area contributed by atoms with E-state index in [-0.39, 0.29) is 12.0 Å². The van der Waals surface area contributed by atoms with E-state index in [1.807, 2.05) is 20.8 Å². The van der Waals surface area contributed by atoms with Crippen LogP contribution < -0.4 is 0 Å². The summed E-state index contributed by atoms with van der Waals surface area (Å²) >= 11 is 0. The van der Waals surface area contributed by atoms with Crippen LogP contribution in [0.25, 0.3) is 0 Å². The molecule has 1 N–H and O–H groups in total. The predicted octanol–water partition coefficient (Wildman–Crippen LogP) is 2.74. The molecule has 0 spiro atoms. The topological polar surface area (TPSA) is 66.8 Å². The zero-order valence-corrected chi connectivity index (χ0v) is 12.3. The average Bonchev–Trinajstić information content (AvgIpc) is 2.50. The molecule has 5 heteroatoms. The number of aliphatic carboxylic acids is 1. The van der Waals surface area contributed by atoms with Crippen molar-refractivity contribution < 1.29 is 19.4 Å². The third kappa shape index (κ3) is 5.09. The molecular formula is C14H25NO4. The largest absolute Gasteiger partial charge is 0.481 e. The van der Waals surface area contributed by atoms with E-state index in [4.69, 9.17) is 9.84 Å². The van der Waals surface area contributed by atoms with Gasteiger partial charge in [-0.15, -0.1) is 0 Å². The van der Waals surface area contributed by atoms with Crippen LogP contribution in [0.15, 0.2) is 0 Å². The normalized spacial score (nSPS) is 22.5. The van der Waals surface area contributed by atoms with Crippen molar-refractivity contribution in [1.82, 2.24) is 4.90 Å². The van der Waals surface area contributed by atoms with Crippen molar-refractivity contribution in [3.63, 3.8) is 0 Å². The van der Waals surface area contributed by atoms with Gasteiger partial charge in [0, 0.05) is 13.1 Å². The van der Waals surface area contributed by atoms with Crippen molar-refractivity contribution in [3.8, 4) is 0 Å². The minimum atomic E-state index is -0.795. The minimum Gasteiger partial charge on any atom is -0.481 e. The molecule has 0 radical (unpaired) electrons. The summed E-state index contributed by atoms with van der Waals surface area (Å²) in [6.07, 6.45) is 2.38. The van der Waals surface area contributed by atoms with Gasteiger partial charge in [-0.25, -0.2) is 4.79 Å². The molecule has 2 atom stereocenters. The first-order valence-corrected chi connectivity index (χ1v) is 6.91. The Kier molecular flexibility index (Phi) is 5.20. The number of carbonyl (C=O) groups excluding carboxylic acids is 1. The van der Waals surface area contributed by atoms with Crippen molar-refractivity contribution in [1.29, 1.82) is 0 Å². The van der Waals surface area contributed by atoms with Crippen molar-refractivity contribution in [2.45, 2.75) is 52.6 Å². The van der Waals surface area contributed by atoms with Crippen LogP contribution in [0.4, 0.5) is 4.79 Å². The molecule has 19 heavy (non-hydrogen) atoms. The second kappa shape index (κ2) is 6.26. The second-order valence-electron chi connectivity index (χ2n) is 6.31. The van der Waals surface area contributed by atoms with Crippen molar-refractivity contribution in [2.75, 3.05) is 13.1 Å². The van der Waals surface area contributed by atoms with E-state index in [0.717, 1.165) is 19.3 Å². The highest BCUT2D eigenvalue weighted by molar-refractivity contribution is 5.70. The van der Waals surface area contributed by atoms with Gasteiger partial charge in [0.25, 0.3) is 0 Å². The van der Waals surface area contributed by atoms with Crippen LogP contribution in [0.2, 0.25) is 0 Å². The van der Waals surface area contributed by atoms with E-state index < -0.39 is 17.5 Å². The van der Waals surface area contributed by atoms with Gasteiger partial charge in [0.1, 0.15) is 5.60 Å². The fourth-order valence-corrected chi connectivity index (χ4v) is 2.28. The highest BCUT2D eigenvalue weighted by Gasteiger charge is 2.31. The number of nitrogens with zero attached hydrogens (tertiary/aromatic N) is 1. The first kappa shape index (κ1) is 15.8. The number of hydrogen-bond donors (Lipinski definition) is 1. The average molecular weight is 271 g/mol. The Morgan fingerprint density at radius 3 is 2.47 bits per heavy atom. The van der Waals surface area contributed by atoms with E-state index in [0.29, 0.717) is 13.1 Å². The molecule has 0 aromatic carbocycles. The SMILES string of the molecule is CC(C(=O)O)C1CCCCN(C(=O)OC(C)(C)C)C1. The van der Waals surface area contributed by atoms with E-state index in [2.05, 4.69) is 0 Å². The maximum Gasteiger partial charge on any atom is 0.410 e. The lowest BCUT2D eigenvalue weighted by molar-refractivity contribution is -0.143. The van der Waals surface area contributed by atoms with Gasteiger partial charge in [-0.2, -0.15) is 0 Å². The first-order valence-electron chi connectivity index (χ1n) is 6.91. The number of rotatable bonds is 2. The molecular weight excluding hydrogens is 246 g/mol. The molecule has 1 heterocycles. The molecule has 0 saturated carbocycles. The molecule has 1 saturated heterocycles. The van der Waals surface area contributed by atoms with Gasteiger partial charge in [0.15, 0.2) is 0 Å². The van der Waals surface area contributed by atoms with E-state index in [9.17, 15) is 9.59 Å². The number of likely N-dealkylation sites (tertiary alicyclic amines) is 1. The predicted molar refractivity (Wildman–Crippen MR) is 71.9 cm³/mol. The summed E-state index contributed by atoms with van der Waals surface area (Å²) < 4.78 is 5.36. The standard InChI is InChI=1S/C14H25NO4/c1-10(12(16)17)11-7-5-6-8-15(9-11)13(18)19-14(2,3)4/h10-11H,5-9H2,1-4H3,(H,16,17). The molecule has 0 aliphatic carbocycles. The van der Waals surface area contributed by atoms with Gasteiger partial charge >= 0.3 is 12.1 Å². The number of ether oxygens (including phenoxy) is 1. The lowest BCUT2D eigenvalue weighted by atomic mass is 9.90. The van der Waals surface area contributed by atoms with Crippen LogP contribution in [0.1, 0.15) is 47.0 Å². The molecule has 5 nitrogen and oxygen atoms in total. The fourth-order valence-electron chi connectivity index (χ4n) is 2.28. The Labute approximate surface area is 114 Å². The third-order valence-electron chi connectivity index (χ3n) is 3.46. The van der Waals surface area contributed by atoms with Crippen LogP contribution in [0, 0.1) is 11.8 Å². The molecule has 0 aromatic heterocycles. The molecule has 2 unspecified atom stereocenters. The Bertz CT molecular complexity index is 335. The highest BCUT2D eigenvalue weighted by Crippen LogP contribution is 2.25. The van der Waals surface area contributed by atoms with Crippen molar-refractivity contribution in [3.05, 3.63) is 0 Å². The first-order chi connectivity index (χ1) is 8.70. The van der Waals surface area contributed by atoms with E-state index >= 15 is 0 Å². The van der Waals surface area contributed by atoms with Gasteiger partial charge < -0.3 is 14.7 Å². The van der Waals surface area contributed by atoms with Crippen molar-refractivity contribution >= 4 is 12.1 Å². The van der Waals surface area contributed by atoms with Crippen LogP contribution in [0.3, 0.4) is 0 Å². The molecule has 1 aliphatic heterocycles. The molecule has 0 bridgehead atoms. The van der Waals surface area contributed by atoms with Crippen LogP contribution in [-0.4, -0.2) is 40.8 Å². The summed E-state index contributed by atoms with van der Waals surface area (Å²) in [6, 6.07) is 0. The van der Waals surface area contributed by atoms with Gasteiger partial charge in [-0.05, 0) is 39.5 Å². The Morgan fingerprint density at radius 1 is 1.32 bits per heavy atom.